The highest BCUT2D eigenvalue weighted by molar-refractivity contribution is 5.96. The molecule has 9 nitrogen and oxygen atoms in total. The van der Waals surface area contributed by atoms with E-state index in [-0.39, 0.29) is 66.3 Å². The van der Waals surface area contributed by atoms with E-state index in [0.717, 1.165) is 24.0 Å². The molecule has 4 atom stereocenters. The van der Waals surface area contributed by atoms with Gasteiger partial charge in [-0.25, -0.2) is 0 Å². The van der Waals surface area contributed by atoms with Gasteiger partial charge in [-0.15, -0.1) is 0 Å². The van der Waals surface area contributed by atoms with E-state index in [0.29, 0.717) is 58.4 Å². The Hall–Kier alpha value is -3.69. The topological polar surface area (TPSA) is 122 Å². The number of carbonyl (C=O) groups is 5. The molecule has 1 heterocycles. The number of morpholine rings is 1. The molecule has 9 heteroatoms. The minimum Gasteiger partial charge on any atom is -0.379 e. The monoisotopic (exact) mass is 701 g/mol. The van der Waals surface area contributed by atoms with Crippen molar-refractivity contribution in [1.82, 2.24) is 15.5 Å². The van der Waals surface area contributed by atoms with Gasteiger partial charge in [-0.2, -0.15) is 0 Å². The first-order valence-electron chi connectivity index (χ1n) is 19.0. The molecule has 2 aliphatic rings. The average Bonchev–Trinajstić information content (AvgIpc) is 3.95. The SMILES string of the molecule is CC(C)C[C@H](NC(=O)[C@H](CCc1ccccc1)CC(=O)CN1CCOCC1)C(=O)C[C@@H](Cc1ccccc1)C(=O)N[C@@H](CC(C)C)C(=O)C1CC1. The molecule has 0 spiro atoms. The molecule has 1 saturated carbocycles. The molecule has 278 valence electrons. The van der Waals surface area contributed by atoms with Gasteiger partial charge in [0.25, 0.3) is 0 Å². The van der Waals surface area contributed by atoms with Gasteiger partial charge in [-0.3, -0.25) is 28.9 Å². The normalized spacial score (nSPS) is 17.4. The molecule has 2 aromatic rings. The number of aryl methyl sites for hydroxylation is 1. The van der Waals surface area contributed by atoms with Gasteiger partial charge in [0.15, 0.2) is 11.6 Å². The third-order valence-corrected chi connectivity index (χ3v) is 9.88. The maximum absolute atomic E-state index is 14.2. The summed E-state index contributed by atoms with van der Waals surface area (Å²) in [5.41, 5.74) is 2.00. The molecule has 1 aliphatic carbocycles. The summed E-state index contributed by atoms with van der Waals surface area (Å²) in [6.07, 6.45) is 4.12. The Bertz CT molecular complexity index is 1420. The second-order valence-corrected chi connectivity index (χ2v) is 15.5. The van der Waals surface area contributed by atoms with Gasteiger partial charge in [0.1, 0.15) is 5.78 Å². The first-order valence-corrected chi connectivity index (χ1v) is 19.0. The molecule has 2 fully saturated rings. The molecule has 0 bridgehead atoms. The molecule has 1 aliphatic heterocycles. The number of hydrogen-bond donors (Lipinski definition) is 2. The number of rotatable bonds is 22. The van der Waals surface area contributed by atoms with Crippen molar-refractivity contribution in [2.75, 3.05) is 32.8 Å². The lowest BCUT2D eigenvalue weighted by Crippen LogP contribution is -2.48. The van der Waals surface area contributed by atoms with Crippen LogP contribution in [-0.2, 0) is 41.6 Å². The highest BCUT2D eigenvalue weighted by atomic mass is 16.5. The lowest BCUT2D eigenvalue weighted by molar-refractivity contribution is -0.135. The first kappa shape index (κ1) is 40.1. The van der Waals surface area contributed by atoms with Crippen molar-refractivity contribution in [2.24, 2.45) is 29.6 Å². The van der Waals surface area contributed by atoms with E-state index in [1.165, 1.54) is 0 Å². The van der Waals surface area contributed by atoms with Crippen molar-refractivity contribution in [3.8, 4) is 0 Å². The molecule has 0 radical (unpaired) electrons. The van der Waals surface area contributed by atoms with Gasteiger partial charge >= 0.3 is 0 Å². The highest BCUT2D eigenvalue weighted by Crippen LogP contribution is 2.32. The van der Waals surface area contributed by atoms with E-state index in [1.54, 1.807) is 0 Å². The van der Waals surface area contributed by atoms with Crippen LogP contribution in [0.4, 0.5) is 0 Å². The van der Waals surface area contributed by atoms with Crippen molar-refractivity contribution >= 4 is 29.2 Å². The Morgan fingerprint density at radius 1 is 0.725 bits per heavy atom. The van der Waals surface area contributed by atoms with Crippen LogP contribution in [0, 0.1) is 29.6 Å². The minimum atomic E-state index is -0.809. The number of nitrogens with zero attached hydrogens (tertiary/aromatic N) is 1. The molecule has 0 unspecified atom stereocenters. The molecule has 2 amide bonds. The molecule has 2 aromatic carbocycles. The van der Waals surface area contributed by atoms with Crippen molar-refractivity contribution < 1.29 is 28.7 Å². The zero-order valence-electron chi connectivity index (χ0n) is 31.1. The van der Waals surface area contributed by atoms with Crippen molar-refractivity contribution in [2.45, 2.75) is 97.6 Å². The molecule has 0 aromatic heterocycles. The van der Waals surface area contributed by atoms with Crippen molar-refractivity contribution in [1.29, 1.82) is 0 Å². The number of ketones is 3. The van der Waals surface area contributed by atoms with Crippen molar-refractivity contribution in [3.63, 3.8) is 0 Å². The summed E-state index contributed by atoms with van der Waals surface area (Å²) < 4.78 is 5.43. The van der Waals surface area contributed by atoms with Gasteiger partial charge in [-0.1, -0.05) is 88.4 Å². The third-order valence-electron chi connectivity index (χ3n) is 9.88. The zero-order chi connectivity index (χ0) is 36.8. The summed E-state index contributed by atoms with van der Waals surface area (Å²) >= 11 is 0. The molecular formula is C42H59N3O6. The predicted octanol–water partition coefficient (Wildman–Crippen LogP) is 5.39. The van der Waals surface area contributed by atoms with E-state index in [2.05, 4.69) is 15.5 Å². The quantitative estimate of drug-likeness (QED) is 0.169. The van der Waals surface area contributed by atoms with E-state index in [1.807, 2.05) is 88.4 Å². The molecular weight excluding hydrogens is 642 g/mol. The maximum atomic E-state index is 14.2. The van der Waals surface area contributed by atoms with Crippen LogP contribution in [-0.4, -0.2) is 79.0 Å². The lowest BCUT2D eigenvalue weighted by atomic mass is 9.87. The summed E-state index contributed by atoms with van der Waals surface area (Å²) in [6.45, 7) is 10.9. The Morgan fingerprint density at radius 2 is 1.27 bits per heavy atom. The van der Waals surface area contributed by atoms with Gasteiger partial charge < -0.3 is 15.4 Å². The fourth-order valence-electron chi connectivity index (χ4n) is 6.89. The van der Waals surface area contributed by atoms with Crippen LogP contribution >= 0.6 is 0 Å². The lowest BCUT2D eigenvalue weighted by Gasteiger charge is -2.27. The van der Waals surface area contributed by atoms with Crippen LogP contribution in [0.2, 0.25) is 0 Å². The number of amides is 2. The fourth-order valence-corrected chi connectivity index (χ4v) is 6.89. The largest absolute Gasteiger partial charge is 0.379 e. The Kier molecular flexibility index (Phi) is 16.0. The average molecular weight is 702 g/mol. The Balaban J connectivity index is 1.50. The Labute approximate surface area is 304 Å². The summed E-state index contributed by atoms with van der Waals surface area (Å²) in [5, 5.41) is 6.09. The zero-order valence-corrected chi connectivity index (χ0v) is 31.1. The van der Waals surface area contributed by atoms with Crippen LogP contribution in [0.25, 0.3) is 0 Å². The number of ether oxygens (including phenoxy) is 1. The van der Waals surface area contributed by atoms with Crippen LogP contribution < -0.4 is 10.6 Å². The van der Waals surface area contributed by atoms with Crippen LogP contribution in [0.15, 0.2) is 60.7 Å². The smallest absolute Gasteiger partial charge is 0.224 e. The summed E-state index contributed by atoms with van der Waals surface area (Å²) in [7, 11) is 0. The predicted molar refractivity (Wildman–Crippen MR) is 199 cm³/mol. The van der Waals surface area contributed by atoms with E-state index in [4.69, 9.17) is 4.74 Å². The van der Waals surface area contributed by atoms with Crippen LogP contribution in [0.3, 0.4) is 0 Å². The third kappa shape index (κ3) is 14.1. The number of nitrogens with one attached hydrogen (secondary N) is 2. The minimum absolute atomic E-state index is 0.00415. The summed E-state index contributed by atoms with van der Waals surface area (Å²) in [4.78, 5) is 70.7. The van der Waals surface area contributed by atoms with Crippen LogP contribution in [0.5, 0.6) is 0 Å². The van der Waals surface area contributed by atoms with Gasteiger partial charge in [0.2, 0.25) is 11.8 Å². The maximum Gasteiger partial charge on any atom is 0.224 e. The molecule has 1 saturated heterocycles. The van der Waals surface area contributed by atoms with Gasteiger partial charge in [0, 0.05) is 43.7 Å². The Morgan fingerprint density at radius 3 is 1.86 bits per heavy atom. The number of hydrogen-bond acceptors (Lipinski definition) is 7. The highest BCUT2D eigenvalue weighted by Gasteiger charge is 2.37. The van der Waals surface area contributed by atoms with E-state index >= 15 is 0 Å². The number of Topliss-reactive ketones (excluding diaryl/α,β-unsaturated/α-hetero) is 3. The number of carbonyl (C=O) groups excluding carboxylic acids is 5. The van der Waals surface area contributed by atoms with Gasteiger partial charge in [0.05, 0.1) is 31.8 Å². The first-order chi connectivity index (χ1) is 24.5. The second kappa shape index (κ2) is 20.4. The fraction of sp³-hybridized carbons (Fsp3) is 0.595. The molecule has 2 N–H and O–H groups in total. The number of benzene rings is 2. The summed E-state index contributed by atoms with van der Waals surface area (Å²) in [5.74, 6) is -1.76. The van der Waals surface area contributed by atoms with E-state index in [9.17, 15) is 24.0 Å². The van der Waals surface area contributed by atoms with Gasteiger partial charge in [-0.05, 0) is 67.9 Å². The van der Waals surface area contributed by atoms with Crippen molar-refractivity contribution in [3.05, 3.63) is 71.8 Å². The standard InChI is InChI=1S/C42H59N3O6/c1-29(2)23-37(43-41(49)34(16-15-31-11-7-5-8-12-31)26-36(46)28-45-19-21-51-22-20-45)39(47)27-35(25-32-13-9-6-10-14-32)42(50)44-38(24-30(3)4)40(48)33-17-18-33/h5-14,29-30,33-35,37-38H,15-28H2,1-4H3,(H,43,49)(H,44,50)/t34-,35-,37+,38+/m1/s1. The van der Waals surface area contributed by atoms with E-state index < -0.39 is 23.9 Å². The summed E-state index contributed by atoms with van der Waals surface area (Å²) in [6, 6.07) is 18.1. The van der Waals surface area contributed by atoms with Crippen LogP contribution in [0.1, 0.15) is 83.8 Å². The second-order valence-electron chi connectivity index (χ2n) is 15.5. The molecule has 51 heavy (non-hydrogen) atoms. The molecule has 4 rings (SSSR count).